The zero-order valence-electron chi connectivity index (χ0n) is 20.1. The SMILES string of the molecule is COc1ccc(-c2cc(C(=O)Nc3cc(Oc4cccc(Cl)c4)cc([N+](=O)[O-])c3)c3ccccc3n2)cc1. The zero-order valence-corrected chi connectivity index (χ0v) is 20.8. The Kier molecular flexibility index (Phi) is 6.88. The minimum atomic E-state index is -0.551. The number of hydrogen-bond donors (Lipinski definition) is 1. The van der Waals surface area contributed by atoms with Gasteiger partial charge in [0.15, 0.2) is 0 Å². The summed E-state index contributed by atoms with van der Waals surface area (Å²) in [5.41, 5.74) is 2.37. The predicted molar refractivity (Wildman–Crippen MR) is 146 cm³/mol. The van der Waals surface area contributed by atoms with E-state index >= 15 is 0 Å². The van der Waals surface area contributed by atoms with Crippen LogP contribution in [-0.4, -0.2) is 22.9 Å². The highest BCUT2D eigenvalue weighted by atomic mass is 35.5. The molecule has 0 fully saturated rings. The largest absolute Gasteiger partial charge is 0.497 e. The van der Waals surface area contributed by atoms with Crippen LogP contribution in [0, 0.1) is 10.1 Å². The number of methoxy groups -OCH3 is 1. The van der Waals surface area contributed by atoms with E-state index in [4.69, 9.17) is 26.1 Å². The molecule has 0 aliphatic carbocycles. The number of para-hydroxylation sites is 1. The number of nitrogens with one attached hydrogen (secondary N) is 1. The number of benzene rings is 4. The van der Waals surface area contributed by atoms with Gasteiger partial charge in [-0.05, 0) is 54.6 Å². The highest BCUT2D eigenvalue weighted by Gasteiger charge is 2.17. The average Bonchev–Trinajstić information content (AvgIpc) is 2.92. The van der Waals surface area contributed by atoms with Gasteiger partial charge in [0, 0.05) is 28.1 Å². The smallest absolute Gasteiger partial charge is 0.275 e. The quantitative estimate of drug-likeness (QED) is 0.174. The molecule has 4 aromatic carbocycles. The number of rotatable bonds is 7. The number of non-ortho nitro benzene ring substituents is 1. The summed E-state index contributed by atoms with van der Waals surface area (Å²) in [6.07, 6.45) is 0. The topological polar surface area (TPSA) is 104 Å². The van der Waals surface area contributed by atoms with E-state index < -0.39 is 10.8 Å². The zero-order chi connectivity index (χ0) is 26.6. The van der Waals surface area contributed by atoms with E-state index in [0.717, 1.165) is 5.56 Å². The fourth-order valence-corrected chi connectivity index (χ4v) is 4.14. The van der Waals surface area contributed by atoms with Crippen LogP contribution in [0.3, 0.4) is 0 Å². The average molecular weight is 526 g/mol. The fourth-order valence-electron chi connectivity index (χ4n) is 3.96. The van der Waals surface area contributed by atoms with Crippen LogP contribution < -0.4 is 14.8 Å². The van der Waals surface area contributed by atoms with E-state index in [1.54, 1.807) is 43.5 Å². The minimum absolute atomic E-state index is 0.176. The van der Waals surface area contributed by atoms with Crippen LogP contribution >= 0.6 is 11.6 Å². The second-order valence-corrected chi connectivity index (χ2v) is 8.72. The molecule has 0 bridgehead atoms. The first-order valence-corrected chi connectivity index (χ1v) is 11.9. The van der Waals surface area contributed by atoms with Crippen molar-refractivity contribution in [2.75, 3.05) is 12.4 Å². The van der Waals surface area contributed by atoms with Crippen molar-refractivity contribution in [3.8, 4) is 28.5 Å². The third-order valence-corrected chi connectivity index (χ3v) is 5.97. The Bertz CT molecular complexity index is 1670. The fraction of sp³-hybridized carbons (Fsp3) is 0.0345. The number of carbonyl (C=O) groups is 1. The number of anilines is 1. The van der Waals surface area contributed by atoms with Crippen molar-refractivity contribution < 1.29 is 19.2 Å². The molecule has 0 radical (unpaired) electrons. The van der Waals surface area contributed by atoms with Gasteiger partial charge in [-0.25, -0.2) is 4.98 Å². The summed E-state index contributed by atoms with van der Waals surface area (Å²) in [6.45, 7) is 0. The number of fused-ring (bicyclic) bond motifs is 1. The molecule has 0 unspecified atom stereocenters. The van der Waals surface area contributed by atoms with Gasteiger partial charge in [0.25, 0.3) is 11.6 Å². The van der Waals surface area contributed by atoms with Gasteiger partial charge in [-0.15, -0.1) is 0 Å². The Balaban J connectivity index is 1.51. The number of amides is 1. The van der Waals surface area contributed by atoms with Crippen LogP contribution in [-0.2, 0) is 0 Å². The summed E-state index contributed by atoms with van der Waals surface area (Å²) >= 11 is 6.02. The van der Waals surface area contributed by atoms with Gasteiger partial charge in [0.2, 0.25) is 0 Å². The summed E-state index contributed by atoms with van der Waals surface area (Å²) in [5, 5.41) is 15.5. The Morgan fingerprint density at radius 2 is 1.68 bits per heavy atom. The molecule has 1 heterocycles. The molecule has 0 atom stereocenters. The molecule has 5 aromatic rings. The summed E-state index contributed by atoms with van der Waals surface area (Å²) < 4.78 is 11.0. The maximum atomic E-state index is 13.5. The summed E-state index contributed by atoms with van der Waals surface area (Å²) in [6, 6.07) is 27.0. The Morgan fingerprint density at radius 1 is 0.895 bits per heavy atom. The molecule has 5 rings (SSSR count). The monoisotopic (exact) mass is 525 g/mol. The van der Waals surface area contributed by atoms with Gasteiger partial charge in [-0.1, -0.05) is 35.9 Å². The van der Waals surface area contributed by atoms with E-state index in [9.17, 15) is 14.9 Å². The first-order chi connectivity index (χ1) is 18.4. The molecule has 0 spiro atoms. The standard InChI is InChI=1S/C29H20ClN3O5/c1-37-22-11-9-18(10-12-22)28-17-26(25-7-2-3-8-27(25)32-28)29(34)31-20-14-21(33(35)36)16-24(15-20)38-23-6-4-5-19(30)13-23/h2-17H,1H3,(H,31,34). The number of ether oxygens (including phenoxy) is 2. The molecular weight excluding hydrogens is 506 g/mol. The van der Waals surface area contributed by atoms with Gasteiger partial charge in [0.1, 0.15) is 17.2 Å². The highest BCUT2D eigenvalue weighted by Crippen LogP contribution is 2.32. The summed E-state index contributed by atoms with van der Waals surface area (Å²) in [5.74, 6) is 0.830. The van der Waals surface area contributed by atoms with E-state index in [2.05, 4.69) is 5.32 Å². The molecule has 38 heavy (non-hydrogen) atoms. The highest BCUT2D eigenvalue weighted by molar-refractivity contribution is 6.30. The van der Waals surface area contributed by atoms with Gasteiger partial charge >= 0.3 is 0 Å². The molecule has 0 aliphatic heterocycles. The van der Waals surface area contributed by atoms with Gasteiger partial charge in [0.05, 0.1) is 40.6 Å². The van der Waals surface area contributed by atoms with Gasteiger partial charge in [-0.2, -0.15) is 0 Å². The number of nitrogens with zero attached hydrogens (tertiary/aromatic N) is 2. The third-order valence-electron chi connectivity index (χ3n) is 5.74. The second kappa shape index (κ2) is 10.6. The molecule has 0 saturated heterocycles. The summed E-state index contributed by atoms with van der Waals surface area (Å²) in [4.78, 5) is 29.3. The number of nitro groups is 1. The van der Waals surface area contributed by atoms with Crippen molar-refractivity contribution in [3.63, 3.8) is 0 Å². The molecule has 1 N–H and O–H groups in total. The molecule has 9 heteroatoms. The second-order valence-electron chi connectivity index (χ2n) is 8.29. The number of pyridine rings is 1. The lowest BCUT2D eigenvalue weighted by atomic mass is 10.0. The lowest BCUT2D eigenvalue weighted by Gasteiger charge is -2.12. The first-order valence-electron chi connectivity index (χ1n) is 11.5. The van der Waals surface area contributed by atoms with E-state index in [1.807, 2.05) is 42.5 Å². The van der Waals surface area contributed by atoms with E-state index in [0.29, 0.717) is 38.7 Å². The number of aromatic nitrogens is 1. The lowest BCUT2D eigenvalue weighted by molar-refractivity contribution is -0.384. The van der Waals surface area contributed by atoms with Crippen LogP contribution in [0.15, 0.2) is 97.1 Å². The molecular formula is C29H20ClN3O5. The third kappa shape index (κ3) is 5.40. The number of halogens is 1. The molecule has 0 saturated carbocycles. The van der Waals surface area contributed by atoms with Crippen molar-refractivity contribution >= 4 is 39.8 Å². The lowest BCUT2D eigenvalue weighted by Crippen LogP contribution is -2.13. The number of nitro benzene ring substituents is 1. The van der Waals surface area contributed by atoms with Crippen molar-refractivity contribution in [1.82, 2.24) is 4.98 Å². The van der Waals surface area contributed by atoms with Crippen LogP contribution in [0.2, 0.25) is 5.02 Å². The Morgan fingerprint density at radius 3 is 2.42 bits per heavy atom. The Hall–Kier alpha value is -4.95. The van der Waals surface area contributed by atoms with Crippen LogP contribution in [0.4, 0.5) is 11.4 Å². The van der Waals surface area contributed by atoms with Gasteiger partial charge < -0.3 is 14.8 Å². The first kappa shape index (κ1) is 24.7. The molecule has 1 amide bonds. The molecule has 188 valence electrons. The minimum Gasteiger partial charge on any atom is -0.497 e. The van der Waals surface area contributed by atoms with E-state index in [-0.39, 0.29) is 17.1 Å². The van der Waals surface area contributed by atoms with Crippen LogP contribution in [0.25, 0.3) is 22.2 Å². The maximum Gasteiger partial charge on any atom is 0.275 e. The summed E-state index contributed by atoms with van der Waals surface area (Å²) in [7, 11) is 1.59. The van der Waals surface area contributed by atoms with Crippen molar-refractivity contribution in [2.45, 2.75) is 0 Å². The van der Waals surface area contributed by atoms with Crippen molar-refractivity contribution in [1.29, 1.82) is 0 Å². The number of hydrogen-bond acceptors (Lipinski definition) is 6. The van der Waals surface area contributed by atoms with Crippen LogP contribution in [0.5, 0.6) is 17.2 Å². The Labute approximate surface area is 222 Å². The molecule has 8 nitrogen and oxygen atoms in total. The van der Waals surface area contributed by atoms with Crippen molar-refractivity contribution in [3.05, 3.63) is 118 Å². The molecule has 1 aromatic heterocycles. The maximum absolute atomic E-state index is 13.5. The van der Waals surface area contributed by atoms with Crippen LogP contribution in [0.1, 0.15) is 10.4 Å². The molecule has 0 aliphatic rings. The normalized spacial score (nSPS) is 10.7. The number of carbonyl (C=O) groups excluding carboxylic acids is 1. The van der Waals surface area contributed by atoms with Gasteiger partial charge in [-0.3, -0.25) is 14.9 Å². The predicted octanol–water partition coefficient (Wildman–Crippen LogP) is 7.52. The van der Waals surface area contributed by atoms with Crippen molar-refractivity contribution in [2.24, 2.45) is 0 Å². The van der Waals surface area contributed by atoms with E-state index in [1.165, 1.54) is 18.2 Å².